The van der Waals surface area contributed by atoms with Gasteiger partial charge in [0.05, 0.1) is 11.6 Å². The topological polar surface area (TPSA) is 26.3 Å². The number of methoxy groups -OCH3 is 1. The van der Waals surface area contributed by atoms with Gasteiger partial charge in [-0.1, -0.05) is 15.9 Å². The quantitative estimate of drug-likeness (QED) is 0.795. The molecule has 0 amide bonds. The van der Waals surface area contributed by atoms with Crippen LogP contribution in [0.5, 0.6) is 5.75 Å². The SMILES string of the molecule is COc1c(Br)cc(Br)ccc1=O. The first-order chi connectivity index (χ1) is 5.65. The van der Waals surface area contributed by atoms with Gasteiger partial charge in [0.15, 0.2) is 5.75 Å². The predicted octanol–water partition coefficient (Wildman–Crippen LogP) is 2.58. The molecule has 0 spiro atoms. The Morgan fingerprint density at radius 1 is 1.33 bits per heavy atom. The van der Waals surface area contributed by atoms with Gasteiger partial charge >= 0.3 is 0 Å². The Morgan fingerprint density at radius 3 is 2.58 bits per heavy atom. The molecule has 0 saturated carbocycles. The Hall–Kier alpha value is -0.350. The van der Waals surface area contributed by atoms with Gasteiger partial charge in [-0.05, 0) is 34.1 Å². The first-order valence-electron chi connectivity index (χ1n) is 3.18. The molecular weight excluding hydrogens is 288 g/mol. The molecule has 0 aliphatic carbocycles. The molecule has 0 unspecified atom stereocenters. The third-order valence-electron chi connectivity index (χ3n) is 1.30. The molecule has 1 aromatic rings. The minimum absolute atomic E-state index is 0.143. The number of hydrogen-bond acceptors (Lipinski definition) is 2. The van der Waals surface area contributed by atoms with Crippen LogP contribution in [0, 0.1) is 0 Å². The average molecular weight is 294 g/mol. The number of hydrogen-bond donors (Lipinski definition) is 0. The van der Waals surface area contributed by atoms with Gasteiger partial charge in [-0.3, -0.25) is 4.79 Å². The second-order valence-corrected chi connectivity index (χ2v) is 3.88. The van der Waals surface area contributed by atoms with Crippen molar-refractivity contribution in [3.05, 3.63) is 37.4 Å². The number of rotatable bonds is 1. The summed E-state index contributed by atoms with van der Waals surface area (Å²) < 4.78 is 6.38. The van der Waals surface area contributed by atoms with E-state index in [1.807, 2.05) is 0 Å². The van der Waals surface area contributed by atoms with E-state index >= 15 is 0 Å². The van der Waals surface area contributed by atoms with E-state index in [2.05, 4.69) is 31.9 Å². The molecular formula is C8H6Br2O2. The van der Waals surface area contributed by atoms with Crippen molar-refractivity contribution >= 4 is 31.9 Å². The van der Waals surface area contributed by atoms with Crippen molar-refractivity contribution in [1.82, 2.24) is 0 Å². The van der Waals surface area contributed by atoms with Gasteiger partial charge in [0.2, 0.25) is 5.43 Å². The van der Waals surface area contributed by atoms with E-state index in [4.69, 9.17) is 4.74 Å². The van der Waals surface area contributed by atoms with E-state index in [1.54, 1.807) is 12.1 Å². The fourth-order valence-electron chi connectivity index (χ4n) is 0.781. The highest BCUT2D eigenvalue weighted by atomic mass is 79.9. The summed E-state index contributed by atoms with van der Waals surface area (Å²) in [5.41, 5.74) is -0.143. The zero-order valence-electron chi connectivity index (χ0n) is 6.30. The molecule has 0 atom stereocenters. The summed E-state index contributed by atoms with van der Waals surface area (Å²) in [6.45, 7) is 0. The lowest BCUT2D eigenvalue weighted by Gasteiger charge is -1.95. The molecule has 4 heteroatoms. The smallest absolute Gasteiger partial charge is 0.221 e. The van der Waals surface area contributed by atoms with Crippen LogP contribution >= 0.6 is 31.9 Å². The molecule has 12 heavy (non-hydrogen) atoms. The van der Waals surface area contributed by atoms with Crippen molar-refractivity contribution in [2.24, 2.45) is 0 Å². The van der Waals surface area contributed by atoms with Crippen molar-refractivity contribution in [1.29, 1.82) is 0 Å². The monoisotopic (exact) mass is 292 g/mol. The van der Waals surface area contributed by atoms with Gasteiger partial charge in [-0.25, -0.2) is 0 Å². The summed E-state index contributed by atoms with van der Waals surface area (Å²) in [6, 6.07) is 4.89. The van der Waals surface area contributed by atoms with Crippen molar-refractivity contribution < 1.29 is 4.74 Å². The summed E-state index contributed by atoms with van der Waals surface area (Å²) in [6.07, 6.45) is 0. The van der Waals surface area contributed by atoms with Crippen LogP contribution in [0.25, 0.3) is 0 Å². The largest absolute Gasteiger partial charge is 0.492 e. The summed E-state index contributed by atoms with van der Waals surface area (Å²) in [5, 5.41) is 0. The molecule has 0 fully saturated rings. The maximum atomic E-state index is 11.2. The second-order valence-electron chi connectivity index (χ2n) is 2.11. The Morgan fingerprint density at radius 2 is 2.00 bits per heavy atom. The van der Waals surface area contributed by atoms with Gasteiger partial charge in [0.1, 0.15) is 0 Å². The molecule has 0 N–H and O–H groups in total. The molecule has 0 bridgehead atoms. The van der Waals surface area contributed by atoms with Gasteiger partial charge in [0, 0.05) is 4.47 Å². The lowest BCUT2D eigenvalue weighted by atomic mass is 10.5. The molecule has 0 aliphatic heterocycles. The zero-order chi connectivity index (χ0) is 9.14. The van der Waals surface area contributed by atoms with E-state index in [0.717, 1.165) is 4.47 Å². The fourth-order valence-corrected chi connectivity index (χ4v) is 2.05. The van der Waals surface area contributed by atoms with Crippen molar-refractivity contribution in [3.8, 4) is 5.75 Å². The Labute approximate surface area is 86.8 Å². The molecule has 0 radical (unpaired) electrons. The van der Waals surface area contributed by atoms with Crippen LogP contribution < -0.4 is 10.2 Å². The van der Waals surface area contributed by atoms with E-state index < -0.39 is 0 Å². The van der Waals surface area contributed by atoms with Crippen molar-refractivity contribution in [3.63, 3.8) is 0 Å². The minimum Gasteiger partial charge on any atom is -0.492 e. The van der Waals surface area contributed by atoms with E-state index in [-0.39, 0.29) is 5.43 Å². The maximum absolute atomic E-state index is 11.2. The number of ether oxygens (including phenoxy) is 1. The fraction of sp³-hybridized carbons (Fsp3) is 0.125. The third kappa shape index (κ3) is 2.08. The van der Waals surface area contributed by atoms with Crippen LogP contribution in [-0.2, 0) is 0 Å². The van der Waals surface area contributed by atoms with Gasteiger partial charge in [0.25, 0.3) is 0 Å². The van der Waals surface area contributed by atoms with E-state index in [1.165, 1.54) is 13.2 Å². The van der Waals surface area contributed by atoms with Gasteiger partial charge in [-0.15, -0.1) is 0 Å². The van der Waals surface area contributed by atoms with Crippen LogP contribution in [0.3, 0.4) is 0 Å². The number of halogens is 2. The molecule has 2 nitrogen and oxygen atoms in total. The molecule has 0 aromatic heterocycles. The first kappa shape index (κ1) is 9.74. The average Bonchev–Trinajstić information content (AvgIpc) is 2.12. The Balaban J connectivity index is 3.50. The Bertz CT molecular complexity index is 350. The molecule has 1 aromatic carbocycles. The molecule has 64 valence electrons. The van der Waals surface area contributed by atoms with Gasteiger partial charge in [-0.2, -0.15) is 0 Å². The normalized spacial score (nSPS) is 9.58. The summed E-state index contributed by atoms with van der Waals surface area (Å²) in [5.74, 6) is 0.320. The minimum atomic E-state index is -0.143. The predicted molar refractivity (Wildman–Crippen MR) is 54.7 cm³/mol. The Kier molecular flexibility index (Phi) is 3.29. The summed E-state index contributed by atoms with van der Waals surface area (Å²) >= 11 is 6.50. The zero-order valence-corrected chi connectivity index (χ0v) is 9.48. The van der Waals surface area contributed by atoms with Crippen LogP contribution in [0.1, 0.15) is 0 Å². The summed E-state index contributed by atoms with van der Waals surface area (Å²) in [4.78, 5) is 11.2. The van der Waals surface area contributed by atoms with E-state index in [0.29, 0.717) is 10.2 Å². The molecule has 0 heterocycles. The third-order valence-corrected chi connectivity index (χ3v) is 2.39. The van der Waals surface area contributed by atoms with Crippen molar-refractivity contribution in [2.75, 3.05) is 7.11 Å². The van der Waals surface area contributed by atoms with Crippen LogP contribution in [-0.4, -0.2) is 7.11 Å². The van der Waals surface area contributed by atoms with Crippen LogP contribution in [0.15, 0.2) is 31.9 Å². The highest BCUT2D eigenvalue weighted by molar-refractivity contribution is 9.11. The lowest BCUT2D eigenvalue weighted by molar-refractivity contribution is 0.409. The summed E-state index contributed by atoms with van der Waals surface area (Å²) in [7, 11) is 1.47. The maximum Gasteiger partial charge on any atom is 0.221 e. The standard InChI is InChI=1S/C8H6Br2O2/c1-12-8-6(10)4-5(9)2-3-7(8)11/h2-4H,1H3. The highest BCUT2D eigenvalue weighted by Crippen LogP contribution is 2.22. The molecule has 0 aliphatic rings. The van der Waals surface area contributed by atoms with Crippen LogP contribution in [0.2, 0.25) is 0 Å². The molecule has 1 rings (SSSR count). The van der Waals surface area contributed by atoms with Crippen LogP contribution in [0.4, 0.5) is 0 Å². The second kappa shape index (κ2) is 4.05. The lowest BCUT2D eigenvalue weighted by Crippen LogP contribution is -2.00. The van der Waals surface area contributed by atoms with Crippen molar-refractivity contribution in [2.45, 2.75) is 0 Å². The highest BCUT2D eigenvalue weighted by Gasteiger charge is 2.02. The van der Waals surface area contributed by atoms with Gasteiger partial charge < -0.3 is 4.74 Å². The molecule has 0 saturated heterocycles. The van der Waals surface area contributed by atoms with E-state index in [9.17, 15) is 4.79 Å². The first-order valence-corrected chi connectivity index (χ1v) is 4.77.